The van der Waals surface area contributed by atoms with Gasteiger partial charge in [-0.25, -0.2) is 25.3 Å². The molecule has 0 saturated heterocycles. The van der Waals surface area contributed by atoms with E-state index in [9.17, 15) is 44.6 Å². The SMILES string of the molecule is Nc1ccc2cc(S(=O)(=O)[O-])cc(O)c2c1N=Nc1cccc(S(=O)(=O)c2cccc(N=Nc3c(N)ccc4cc(S(=O)(=O)[O-])cc(O)c34)c2)c1. The quantitative estimate of drug-likeness (QED) is 0.0787. The van der Waals surface area contributed by atoms with Crippen molar-refractivity contribution in [2.24, 2.45) is 20.5 Å². The first kappa shape index (κ1) is 34.9. The molecule has 0 radical (unpaired) electrons. The van der Waals surface area contributed by atoms with Crippen LogP contribution in [0.3, 0.4) is 0 Å². The van der Waals surface area contributed by atoms with Crippen molar-refractivity contribution in [3.05, 3.63) is 97.1 Å². The molecule has 0 atom stereocenters. The van der Waals surface area contributed by atoms with Gasteiger partial charge in [0.2, 0.25) is 9.84 Å². The molecule has 260 valence electrons. The van der Waals surface area contributed by atoms with Crippen molar-refractivity contribution in [1.29, 1.82) is 0 Å². The van der Waals surface area contributed by atoms with Crippen LogP contribution < -0.4 is 11.5 Å². The van der Waals surface area contributed by atoms with E-state index >= 15 is 0 Å². The van der Waals surface area contributed by atoms with Crippen molar-refractivity contribution in [2.75, 3.05) is 11.5 Å². The maximum absolute atomic E-state index is 13.7. The number of fused-ring (bicyclic) bond motifs is 2. The van der Waals surface area contributed by atoms with Gasteiger partial charge >= 0.3 is 0 Å². The number of anilines is 2. The number of benzene rings is 6. The number of azo groups is 2. The highest BCUT2D eigenvalue weighted by Crippen LogP contribution is 2.42. The maximum atomic E-state index is 13.7. The number of rotatable bonds is 8. The molecule has 0 aromatic heterocycles. The van der Waals surface area contributed by atoms with Gasteiger partial charge in [-0.2, -0.15) is 10.2 Å². The molecule has 0 aliphatic carbocycles. The van der Waals surface area contributed by atoms with E-state index in [0.717, 1.165) is 24.3 Å². The minimum absolute atomic E-state index is 0.0153. The van der Waals surface area contributed by atoms with Crippen LogP contribution in [0.25, 0.3) is 21.5 Å². The molecule has 0 unspecified atom stereocenters. The summed E-state index contributed by atoms with van der Waals surface area (Å²) >= 11 is 0. The molecule has 0 aliphatic heterocycles. The van der Waals surface area contributed by atoms with Crippen LogP contribution in [-0.2, 0) is 30.1 Å². The first-order valence-electron chi connectivity index (χ1n) is 14.2. The van der Waals surface area contributed by atoms with Gasteiger partial charge in [0.1, 0.15) is 43.1 Å². The van der Waals surface area contributed by atoms with E-state index in [4.69, 9.17) is 11.5 Å². The molecule has 0 fully saturated rings. The fourth-order valence-corrected chi connectivity index (χ4v) is 7.50. The van der Waals surface area contributed by atoms with Crippen molar-refractivity contribution < 1.29 is 44.6 Å². The Morgan fingerprint density at radius 3 is 1.25 bits per heavy atom. The molecule has 6 rings (SSSR count). The maximum Gasteiger partial charge on any atom is 0.206 e. The number of nitrogens with zero attached hydrogens (tertiary/aromatic N) is 4. The van der Waals surface area contributed by atoms with Crippen molar-refractivity contribution in [2.45, 2.75) is 19.6 Å². The van der Waals surface area contributed by atoms with Crippen LogP contribution in [-0.4, -0.2) is 44.6 Å². The van der Waals surface area contributed by atoms with Crippen LogP contribution in [0.1, 0.15) is 0 Å². The highest BCUT2D eigenvalue weighted by Gasteiger charge is 2.20. The predicted octanol–water partition coefficient (Wildman–Crippen LogP) is 6.04. The van der Waals surface area contributed by atoms with Crippen LogP contribution >= 0.6 is 0 Å². The third kappa shape index (κ3) is 6.91. The van der Waals surface area contributed by atoms with Gasteiger partial charge in [0.15, 0.2) is 0 Å². The minimum atomic E-state index is -4.88. The summed E-state index contributed by atoms with van der Waals surface area (Å²) in [6.07, 6.45) is 0. The number of phenolic OH excluding ortho intramolecular Hbond substituents is 2. The van der Waals surface area contributed by atoms with Gasteiger partial charge in [0, 0.05) is 0 Å². The number of aromatic hydroxyl groups is 2. The summed E-state index contributed by atoms with van der Waals surface area (Å²) in [4.78, 5) is -1.68. The Labute approximate surface area is 289 Å². The van der Waals surface area contributed by atoms with Crippen LogP contribution in [0.5, 0.6) is 11.5 Å². The highest BCUT2D eigenvalue weighted by atomic mass is 32.2. The Morgan fingerprint density at radius 1 is 0.490 bits per heavy atom. The zero-order valence-corrected chi connectivity index (χ0v) is 28.0. The second-order valence-electron chi connectivity index (χ2n) is 10.9. The first-order chi connectivity index (χ1) is 23.9. The number of sulfone groups is 1. The van der Waals surface area contributed by atoms with Crippen LogP contribution in [0.2, 0.25) is 0 Å². The first-order valence-corrected chi connectivity index (χ1v) is 18.5. The number of hydrogen-bond acceptors (Lipinski definition) is 16. The largest absolute Gasteiger partial charge is 0.744 e. The van der Waals surface area contributed by atoms with E-state index in [0.29, 0.717) is 0 Å². The van der Waals surface area contributed by atoms with Gasteiger partial charge in [-0.05, 0) is 83.6 Å². The van der Waals surface area contributed by atoms with Crippen molar-refractivity contribution in [1.82, 2.24) is 0 Å². The topological polar surface area (TPSA) is 290 Å². The predicted molar refractivity (Wildman–Crippen MR) is 183 cm³/mol. The third-order valence-electron chi connectivity index (χ3n) is 7.51. The molecule has 0 heterocycles. The lowest BCUT2D eigenvalue weighted by atomic mass is 10.1. The molecule has 51 heavy (non-hydrogen) atoms. The standard InChI is InChI=1S/C32H24N6O10S3/c33-25-9-7-17-11-23(50(43,44)45)15-27(39)29(17)31(25)37-35-19-3-1-5-21(13-19)49(41,42)22-6-2-4-20(14-22)36-38-32-26(34)10-8-18-12-24(51(46,47)48)16-28(40)30(18)32/h1-16,39-40H,33-34H2,(H,43,44,45)(H,46,47,48)/p-2. The van der Waals surface area contributed by atoms with Crippen LogP contribution in [0.4, 0.5) is 34.1 Å². The van der Waals surface area contributed by atoms with Gasteiger partial charge in [0.25, 0.3) is 0 Å². The molecule has 19 heteroatoms. The molecule has 16 nitrogen and oxygen atoms in total. The molecule has 6 N–H and O–H groups in total. The van der Waals surface area contributed by atoms with E-state index in [1.807, 2.05) is 0 Å². The molecule has 0 aliphatic rings. The zero-order valence-electron chi connectivity index (χ0n) is 25.6. The second-order valence-corrected chi connectivity index (χ2v) is 15.6. The summed E-state index contributed by atoms with van der Waals surface area (Å²) in [6.45, 7) is 0. The number of hydrogen-bond donors (Lipinski definition) is 4. The van der Waals surface area contributed by atoms with Gasteiger partial charge in [0.05, 0.1) is 53.1 Å². The summed E-state index contributed by atoms with van der Waals surface area (Å²) < 4.78 is 96.3. The summed E-state index contributed by atoms with van der Waals surface area (Å²) in [5.74, 6) is -1.17. The zero-order chi connectivity index (χ0) is 36.9. The molecular weight excluding hydrogens is 725 g/mol. The number of nitrogens with two attached hydrogens (primary N) is 2. The summed E-state index contributed by atoms with van der Waals surface area (Å²) in [5.41, 5.74) is 12.2. The Balaban J connectivity index is 1.32. The summed E-state index contributed by atoms with van der Waals surface area (Å²) in [7, 11) is -13.9. The van der Waals surface area contributed by atoms with E-state index in [2.05, 4.69) is 20.5 Å². The fraction of sp³-hybridized carbons (Fsp3) is 0. The molecular formula is C32H22N6O10S3-2. The number of nitrogen functional groups attached to an aromatic ring is 2. The van der Waals surface area contributed by atoms with Gasteiger partial charge in [-0.3, -0.25) is 0 Å². The molecule has 0 amide bonds. The van der Waals surface area contributed by atoms with E-state index in [1.54, 1.807) is 0 Å². The lowest BCUT2D eigenvalue weighted by Crippen LogP contribution is -2.01. The normalized spacial score (nSPS) is 12.7. The van der Waals surface area contributed by atoms with Crippen LogP contribution in [0.15, 0.2) is 137 Å². The Kier molecular flexibility index (Phi) is 8.69. The molecule has 6 aromatic carbocycles. The molecule has 6 aromatic rings. The van der Waals surface area contributed by atoms with Crippen LogP contribution in [0, 0.1) is 0 Å². The van der Waals surface area contributed by atoms with Crippen molar-refractivity contribution in [3.8, 4) is 11.5 Å². The number of phenols is 2. The average molecular weight is 747 g/mol. The fourth-order valence-electron chi connectivity index (χ4n) is 5.11. The second kappa shape index (κ2) is 12.7. The molecule has 0 bridgehead atoms. The average Bonchev–Trinajstić information content (AvgIpc) is 3.07. The van der Waals surface area contributed by atoms with E-state index < -0.39 is 51.4 Å². The van der Waals surface area contributed by atoms with E-state index in [1.165, 1.54) is 72.8 Å². The van der Waals surface area contributed by atoms with Gasteiger partial charge < -0.3 is 30.8 Å². The van der Waals surface area contributed by atoms with Gasteiger partial charge in [-0.1, -0.05) is 24.3 Å². The highest BCUT2D eigenvalue weighted by molar-refractivity contribution is 7.91. The monoisotopic (exact) mass is 746 g/mol. The van der Waals surface area contributed by atoms with Crippen molar-refractivity contribution >= 4 is 85.7 Å². The summed E-state index contributed by atoms with van der Waals surface area (Å²) in [6, 6.07) is 20.0. The lowest BCUT2D eigenvalue weighted by Gasteiger charge is -2.12. The van der Waals surface area contributed by atoms with Gasteiger partial charge in [-0.15, -0.1) is 10.2 Å². The Morgan fingerprint density at radius 2 is 0.882 bits per heavy atom. The minimum Gasteiger partial charge on any atom is -0.744 e. The van der Waals surface area contributed by atoms with Crippen molar-refractivity contribution in [3.63, 3.8) is 0 Å². The van der Waals surface area contributed by atoms with E-state index in [-0.39, 0.29) is 65.5 Å². The smallest absolute Gasteiger partial charge is 0.206 e. The Hall–Kier alpha value is -5.99. The third-order valence-corrected chi connectivity index (χ3v) is 10.9. The molecule has 0 saturated carbocycles. The lowest BCUT2D eigenvalue weighted by molar-refractivity contribution is 0.457. The summed E-state index contributed by atoms with van der Waals surface area (Å²) in [5, 5.41) is 37.7. The Bertz CT molecular complexity index is 2640. The molecule has 0 spiro atoms.